The summed E-state index contributed by atoms with van der Waals surface area (Å²) in [4.78, 5) is 14.6. The third-order valence-corrected chi connectivity index (χ3v) is 3.52. The fourth-order valence-electron chi connectivity index (χ4n) is 1.62. The molecule has 7 heteroatoms. The molecule has 3 nitrogen and oxygen atoms in total. The number of thiazole rings is 1. The molecule has 0 radical (unpaired) electrons. The van der Waals surface area contributed by atoms with Crippen LogP contribution in [-0.2, 0) is 17.4 Å². The van der Waals surface area contributed by atoms with Gasteiger partial charge in [-0.2, -0.15) is 13.2 Å². The van der Waals surface area contributed by atoms with E-state index in [2.05, 4.69) is 4.98 Å². The van der Waals surface area contributed by atoms with Crippen molar-refractivity contribution < 1.29 is 23.1 Å². The van der Waals surface area contributed by atoms with Gasteiger partial charge in [0.2, 0.25) is 0 Å². The van der Waals surface area contributed by atoms with Gasteiger partial charge in [0.25, 0.3) is 0 Å². The number of aliphatic carboxylic acids is 1. The molecule has 1 aromatic carbocycles. The van der Waals surface area contributed by atoms with Gasteiger partial charge in [-0.25, -0.2) is 4.98 Å². The number of rotatable bonds is 4. The molecule has 0 spiro atoms. The fourth-order valence-corrected chi connectivity index (χ4v) is 2.47. The van der Waals surface area contributed by atoms with Gasteiger partial charge in [0, 0.05) is 17.4 Å². The number of alkyl halides is 3. The molecular weight excluding hydrogens is 291 g/mol. The average molecular weight is 301 g/mol. The van der Waals surface area contributed by atoms with Crippen LogP contribution in [0.25, 0.3) is 10.6 Å². The van der Waals surface area contributed by atoms with E-state index in [9.17, 15) is 18.0 Å². The van der Waals surface area contributed by atoms with E-state index in [0.717, 1.165) is 12.1 Å². The smallest absolute Gasteiger partial charge is 0.416 e. The van der Waals surface area contributed by atoms with E-state index in [0.29, 0.717) is 16.3 Å². The average Bonchev–Trinajstić information content (AvgIpc) is 2.84. The Morgan fingerprint density at radius 3 is 2.75 bits per heavy atom. The fraction of sp³-hybridized carbons (Fsp3) is 0.231. The second-order valence-electron chi connectivity index (χ2n) is 4.12. The summed E-state index contributed by atoms with van der Waals surface area (Å²) in [6.07, 6.45) is -4.17. The summed E-state index contributed by atoms with van der Waals surface area (Å²) >= 11 is 1.20. The lowest BCUT2D eigenvalue weighted by Gasteiger charge is -2.07. The predicted molar refractivity (Wildman–Crippen MR) is 68.5 cm³/mol. The minimum absolute atomic E-state index is 0.0498. The van der Waals surface area contributed by atoms with Crippen LogP contribution in [0.3, 0.4) is 0 Å². The van der Waals surface area contributed by atoms with E-state index in [1.807, 2.05) is 0 Å². The first-order chi connectivity index (χ1) is 9.36. The highest BCUT2D eigenvalue weighted by molar-refractivity contribution is 7.13. The third-order valence-electron chi connectivity index (χ3n) is 2.58. The van der Waals surface area contributed by atoms with E-state index in [4.69, 9.17) is 5.11 Å². The number of halogens is 3. The van der Waals surface area contributed by atoms with Crippen molar-refractivity contribution in [2.24, 2.45) is 0 Å². The molecular formula is C13H10F3NO2S. The zero-order valence-electron chi connectivity index (χ0n) is 10.1. The van der Waals surface area contributed by atoms with E-state index < -0.39 is 17.7 Å². The maximum Gasteiger partial charge on any atom is 0.416 e. The van der Waals surface area contributed by atoms with E-state index in [1.165, 1.54) is 17.4 Å². The van der Waals surface area contributed by atoms with Gasteiger partial charge < -0.3 is 5.11 Å². The predicted octanol–water partition coefficient (Wildman–Crippen LogP) is 3.85. The topological polar surface area (TPSA) is 50.2 Å². The highest BCUT2D eigenvalue weighted by Gasteiger charge is 2.30. The Hall–Kier alpha value is -1.89. The first-order valence-electron chi connectivity index (χ1n) is 5.70. The van der Waals surface area contributed by atoms with Crippen LogP contribution in [0, 0.1) is 0 Å². The lowest BCUT2D eigenvalue weighted by molar-refractivity contribution is -0.138. The molecule has 1 N–H and O–H groups in total. The van der Waals surface area contributed by atoms with Crippen LogP contribution in [0.15, 0.2) is 29.6 Å². The highest BCUT2D eigenvalue weighted by Crippen LogP contribution is 2.33. The molecule has 106 valence electrons. The second kappa shape index (κ2) is 5.62. The molecule has 1 aromatic heterocycles. The molecule has 0 aliphatic carbocycles. The number of hydrogen-bond acceptors (Lipinski definition) is 3. The minimum Gasteiger partial charge on any atom is -0.481 e. The van der Waals surface area contributed by atoms with Gasteiger partial charge in [-0.15, -0.1) is 11.3 Å². The van der Waals surface area contributed by atoms with Crippen LogP contribution >= 0.6 is 11.3 Å². The monoisotopic (exact) mass is 301 g/mol. The molecule has 1 heterocycles. The van der Waals surface area contributed by atoms with Gasteiger partial charge in [0.05, 0.1) is 17.7 Å². The molecule has 0 bridgehead atoms. The number of carboxylic acids is 1. The Morgan fingerprint density at radius 2 is 2.10 bits per heavy atom. The molecule has 0 atom stereocenters. The summed E-state index contributed by atoms with van der Waals surface area (Å²) in [5.41, 5.74) is 0.230. The molecule has 0 aliphatic heterocycles. The van der Waals surface area contributed by atoms with Crippen LogP contribution in [0.4, 0.5) is 13.2 Å². The largest absolute Gasteiger partial charge is 0.481 e. The van der Waals surface area contributed by atoms with Crippen molar-refractivity contribution in [3.05, 3.63) is 40.9 Å². The van der Waals surface area contributed by atoms with E-state index >= 15 is 0 Å². The van der Waals surface area contributed by atoms with Gasteiger partial charge in [0.15, 0.2) is 0 Å². The van der Waals surface area contributed by atoms with Crippen LogP contribution in [0.5, 0.6) is 0 Å². The standard InChI is InChI=1S/C13H10F3NO2S/c14-13(15,16)9-3-1-2-8(6-9)12-17-10(7-20-12)4-5-11(18)19/h1-3,6-7H,4-5H2,(H,18,19). The molecule has 2 rings (SSSR count). The summed E-state index contributed by atoms with van der Waals surface area (Å²) in [6.45, 7) is 0. The summed E-state index contributed by atoms with van der Waals surface area (Å²) < 4.78 is 37.8. The number of aromatic nitrogens is 1. The van der Waals surface area contributed by atoms with Crippen LogP contribution < -0.4 is 0 Å². The van der Waals surface area contributed by atoms with Gasteiger partial charge >= 0.3 is 12.1 Å². The quantitative estimate of drug-likeness (QED) is 0.933. The molecule has 0 unspecified atom stereocenters. The summed E-state index contributed by atoms with van der Waals surface area (Å²) in [5, 5.41) is 10.7. The first-order valence-corrected chi connectivity index (χ1v) is 6.58. The second-order valence-corrected chi connectivity index (χ2v) is 4.97. The van der Waals surface area contributed by atoms with Crippen molar-refractivity contribution in [1.29, 1.82) is 0 Å². The molecule has 20 heavy (non-hydrogen) atoms. The van der Waals surface area contributed by atoms with Gasteiger partial charge in [-0.05, 0) is 12.1 Å². The Balaban J connectivity index is 2.22. The number of carbonyl (C=O) groups is 1. The Bertz CT molecular complexity index is 622. The summed E-state index contributed by atoms with van der Waals surface area (Å²) in [5.74, 6) is -0.932. The van der Waals surface area contributed by atoms with E-state index in [1.54, 1.807) is 11.4 Å². The van der Waals surface area contributed by atoms with Gasteiger partial charge in [-0.1, -0.05) is 12.1 Å². The van der Waals surface area contributed by atoms with Crippen molar-refractivity contribution in [3.63, 3.8) is 0 Å². The number of carboxylic acid groups (broad SMARTS) is 1. The lowest BCUT2D eigenvalue weighted by atomic mass is 10.1. The molecule has 0 fully saturated rings. The van der Waals surface area contributed by atoms with E-state index in [-0.39, 0.29) is 12.8 Å². The Kier molecular flexibility index (Phi) is 4.08. The zero-order valence-corrected chi connectivity index (χ0v) is 11.0. The number of nitrogens with zero attached hydrogens (tertiary/aromatic N) is 1. The summed E-state index contributed by atoms with van der Waals surface area (Å²) in [6, 6.07) is 4.92. The van der Waals surface area contributed by atoms with Crippen molar-refractivity contribution in [3.8, 4) is 10.6 Å². The first kappa shape index (κ1) is 14.5. The molecule has 0 amide bonds. The maximum absolute atomic E-state index is 12.6. The summed E-state index contributed by atoms with van der Waals surface area (Å²) in [7, 11) is 0. The normalized spacial score (nSPS) is 11.6. The molecule has 0 saturated carbocycles. The number of hydrogen-bond donors (Lipinski definition) is 1. The maximum atomic E-state index is 12.6. The van der Waals surface area contributed by atoms with Crippen molar-refractivity contribution in [2.75, 3.05) is 0 Å². The molecule has 0 aliphatic rings. The van der Waals surface area contributed by atoms with Crippen molar-refractivity contribution in [2.45, 2.75) is 19.0 Å². The number of benzene rings is 1. The minimum atomic E-state index is -4.39. The van der Waals surface area contributed by atoms with Crippen LogP contribution in [0.2, 0.25) is 0 Å². The Labute approximate surface area is 116 Å². The van der Waals surface area contributed by atoms with Gasteiger partial charge in [-0.3, -0.25) is 4.79 Å². The SMILES string of the molecule is O=C(O)CCc1csc(-c2cccc(C(F)(F)F)c2)n1. The third kappa shape index (κ3) is 3.57. The van der Waals surface area contributed by atoms with Gasteiger partial charge in [0.1, 0.15) is 5.01 Å². The lowest BCUT2D eigenvalue weighted by Crippen LogP contribution is -2.04. The van der Waals surface area contributed by atoms with Crippen molar-refractivity contribution in [1.82, 2.24) is 4.98 Å². The Morgan fingerprint density at radius 1 is 1.35 bits per heavy atom. The highest BCUT2D eigenvalue weighted by atomic mass is 32.1. The van der Waals surface area contributed by atoms with Crippen LogP contribution in [0.1, 0.15) is 17.7 Å². The molecule has 2 aromatic rings. The van der Waals surface area contributed by atoms with Crippen molar-refractivity contribution >= 4 is 17.3 Å². The van der Waals surface area contributed by atoms with Crippen LogP contribution in [-0.4, -0.2) is 16.1 Å². The number of aryl methyl sites for hydroxylation is 1. The zero-order chi connectivity index (χ0) is 14.8. The molecule has 0 saturated heterocycles.